The number of benzene rings is 15. The Morgan fingerprint density at radius 1 is 0.196 bits per heavy atom. The standard InChI is InChI=1S/C36H23N3.C36H35N3.C33H27N2.C28H19N3.4Pt/c1-2-16-32(17-3-1)39(33-18-8-14-28(20-33)35-22-26-10-4-6-12-30(26)24-37-35)34-19-9-15-29(21-34)36-23-27-11-5-7-13-31(27)25-38-36;1-35(2,3)28-23-29(36(4,5)6)25-32(24-28)39(30-15-11-13-26(21-30)33-17-7-9-19-37-33)31-16-12-14-27(22-31)34-18-8-10-20-38-34;1-33(2,3)28-18-20-29(21-19-28)35(30-15-9-13-26(23-30)25-11-5-4-6-12-25)31-16-10-14-27(24-31)32-17-7-8-22-34-32;1-4-12-22(13-5-1)25-18-10-20-27(29-25)31(24-16-8-3-9-17-24)28-21-11-19-26(30-28)23-14-6-2-7-15-23;;;;/h1-19,22-25H;7-20,23-25H,1-6H3;4-11,13-22H,1-3H3;1-12,14,16-21H;;;;/q2*-2;-3;-2;;3*+2. The first-order valence-electron chi connectivity index (χ1n) is 48.3. The molecule has 0 saturated heterocycles. The molecule has 15 aromatic carbocycles. The van der Waals surface area contributed by atoms with Crippen LogP contribution in [0.2, 0.25) is 0 Å². The predicted octanol–water partition coefficient (Wildman–Crippen LogP) is 34.1. The maximum atomic E-state index is 4.95. The minimum absolute atomic E-state index is 0. The molecular formula is C133H104N11Pt4-3. The molecule has 0 bridgehead atoms. The maximum absolute atomic E-state index is 4.95. The summed E-state index contributed by atoms with van der Waals surface area (Å²) in [6.45, 7) is 20.3. The Kier molecular flexibility index (Phi) is 36.0. The second-order valence-electron chi connectivity index (χ2n) is 37.8. The van der Waals surface area contributed by atoms with Crippen LogP contribution in [0.5, 0.6) is 0 Å². The minimum atomic E-state index is -0.0132. The first-order chi connectivity index (χ1) is 70.3. The van der Waals surface area contributed by atoms with Crippen molar-refractivity contribution in [2.45, 2.75) is 78.6 Å². The van der Waals surface area contributed by atoms with Crippen LogP contribution in [-0.4, -0.2) is 34.9 Å². The Bertz CT molecular complexity index is 7680. The third-order valence-corrected chi connectivity index (χ3v) is 24.6. The monoisotopic (exact) mass is 2630 g/mol. The van der Waals surface area contributed by atoms with E-state index in [-0.39, 0.29) is 101 Å². The average Bonchev–Trinajstić information content (AvgIpc) is 0.754. The molecule has 0 aliphatic rings. The van der Waals surface area contributed by atoms with Crippen LogP contribution >= 0.6 is 0 Å². The van der Waals surface area contributed by atoms with Crippen molar-refractivity contribution in [3.8, 4) is 89.9 Å². The molecule has 0 aliphatic carbocycles. The van der Waals surface area contributed by atoms with Crippen molar-refractivity contribution >= 4 is 90.1 Å². The summed E-state index contributed by atoms with van der Waals surface area (Å²) in [7, 11) is 0. The molecule has 0 atom stereocenters. The van der Waals surface area contributed by atoms with E-state index in [2.05, 4.69) is 376 Å². The third-order valence-electron chi connectivity index (χ3n) is 24.6. The minimum Gasteiger partial charge on any atom is -0.347 e. The molecule has 11 nitrogen and oxygen atoms in total. The SMILES string of the molecule is CC(C)(C)c1cc(N(c2[c-]c(-c3ccccn3)ccc2)c2[c-]c(-c3ccccn3)ccc2)cc(C(C)(C)C)c1.CC(C)(C)c1ccc(N(c2[c-]c(-c3[c-]cccc3)ccc2)c2[c-]c(-c3ccccn3)ccc2)cc1.[Pt+2].[Pt+2].[Pt+2].[Pt].[c-]1c(-c2cc3ccccc3cn2)cccc1N(c1[c-]c(-c2cc3ccccc3cn2)ccc1)c1ccccc1.[c-]1ccccc1-c1cccc(N(c2ccccc2)c2cccc(-c3[c-]cccc3)n2)n1. The molecule has 0 unspecified atom stereocenters. The van der Waals surface area contributed by atoms with E-state index < -0.39 is 0 Å². The summed E-state index contributed by atoms with van der Waals surface area (Å²) >= 11 is 0. The zero-order valence-corrected chi connectivity index (χ0v) is 92.2. The molecule has 0 radical (unpaired) electrons. The van der Waals surface area contributed by atoms with E-state index in [4.69, 9.17) is 19.9 Å². The van der Waals surface area contributed by atoms with E-state index in [9.17, 15) is 0 Å². The molecule has 0 aliphatic heterocycles. The number of rotatable bonds is 20. The fraction of sp³-hybridized carbons (Fsp3) is 0.0902. The normalized spacial score (nSPS) is 10.9. The average molecular weight is 2640 g/mol. The Morgan fingerprint density at radius 2 is 0.480 bits per heavy atom. The largest absolute Gasteiger partial charge is 2.00 e. The summed E-state index contributed by atoms with van der Waals surface area (Å²) in [5.41, 5.74) is 28.5. The molecule has 15 heteroatoms. The summed E-state index contributed by atoms with van der Waals surface area (Å²) in [5.74, 6) is 1.59. The van der Waals surface area contributed by atoms with Gasteiger partial charge in [-0.25, -0.2) is 11.1 Å². The number of pyridine rings is 7. The molecule has 0 fully saturated rings. The third kappa shape index (κ3) is 26.4. The Labute approximate surface area is 927 Å². The van der Waals surface area contributed by atoms with Crippen molar-refractivity contribution in [2.75, 3.05) is 19.6 Å². The van der Waals surface area contributed by atoms with Gasteiger partial charge in [-0.3, -0.25) is 14.9 Å². The molecule has 0 N–H and O–H groups in total. The van der Waals surface area contributed by atoms with Crippen molar-refractivity contribution in [1.82, 2.24) is 34.9 Å². The van der Waals surface area contributed by atoms with E-state index in [0.29, 0.717) is 0 Å². The number of fused-ring (bicyclic) bond motifs is 2. The van der Waals surface area contributed by atoms with Gasteiger partial charge in [0.2, 0.25) is 0 Å². The summed E-state index contributed by atoms with van der Waals surface area (Å²) in [6, 6.07) is 180. The van der Waals surface area contributed by atoms with Crippen LogP contribution in [0.4, 0.5) is 68.5 Å². The van der Waals surface area contributed by atoms with Crippen LogP contribution in [-0.2, 0) is 101 Å². The van der Waals surface area contributed by atoms with Gasteiger partial charge in [0.25, 0.3) is 0 Å². The van der Waals surface area contributed by atoms with Gasteiger partial charge < -0.3 is 39.6 Å². The van der Waals surface area contributed by atoms with Crippen molar-refractivity contribution in [2.24, 2.45) is 0 Å². The molecule has 7 heterocycles. The first kappa shape index (κ1) is 107. The summed E-state index contributed by atoms with van der Waals surface area (Å²) in [5, 5.41) is 4.56. The van der Waals surface area contributed by atoms with Crippen molar-refractivity contribution in [3.05, 3.63) is 539 Å². The number of anilines is 12. The molecule has 148 heavy (non-hydrogen) atoms. The van der Waals surface area contributed by atoms with E-state index >= 15 is 0 Å². The zero-order chi connectivity index (χ0) is 98.8. The fourth-order valence-electron chi connectivity index (χ4n) is 17.0. The van der Waals surface area contributed by atoms with Gasteiger partial charge in [0.1, 0.15) is 11.6 Å². The van der Waals surface area contributed by atoms with Crippen LogP contribution in [0.3, 0.4) is 0 Å². The van der Waals surface area contributed by atoms with Gasteiger partial charge in [0.05, 0.1) is 0 Å². The van der Waals surface area contributed by atoms with Crippen LogP contribution in [0.25, 0.3) is 111 Å². The van der Waals surface area contributed by atoms with Crippen molar-refractivity contribution < 1.29 is 84.3 Å². The Balaban J connectivity index is 0.000000147. The molecule has 0 spiro atoms. The van der Waals surface area contributed by atoms with E-state index in [1.807, 2.05) is 243 Å². The molecule has 22 aromatic rings. The fourth-order valence-corrected chi connectivity index (χ4v) is 17.0. The second-order valence-corrected chi connectivity index (χ2v) is 37.8. The first-order valence-corrected chi connectivity index (χ1v) is 48.3. The molecule has 734 valence electrons. The second kappa shape index (κ2) is 49.8. The molecule has 0 amide bonds. The maximum Gasteiger partial charge on any atom is 2.00 e. The zero-order valence-electron chi connectivity index (χ0n) is 83.1. The Morgan fingerprint density at radius 3 is 0.824 bits per heavy atom. The van der Waals surface area contributed by atoms with Gasteiger partial charge in [-0.2, -0.15) is 42.5 Å². The number of aromatic nitrogens is 7. The molecule has 0 saturated carbocycles. The van der Waals surface area contributed by atoms with E-state index in [0.717, 1.165) is 180 Å². The topological polar surface area (TPSA) is 103 Å². The van der Waals surface area contributed by atoms with Crippen molar-refractivity contribution in [3.63, 3.8) is 0 Å². The van der Waals surface area contributed by atoms with Crippen LogP contribution in [0, 0.1) is 54.6 Å². The smallest absolute Gasteiger partial charge is 0.347 e. The van der Waals surface area contributed by atoms with Crippen LogP contribution < -0.4 is 19.6 Å². The number of para-hydroxylation sites is 2. The molecule has 22 rings (SSSR count). The number of hydrogen-bond acceptors (Lipinski definition) is 11. The number of hydrogen-bond donors (Lipinski definition) is 0. The quantitative estimate of drug-likeness (QED) is 0.0682. The van der Waals surface area contributed by atoms with Crippen LogP contribution in [0.15, 0.2) is 468 Å². The summed E-state index contributed by atoms with van der Waals surface area (Å²) in [4.78, 5) is 41.7. The van der Waals surface area contributed by atoms with Gasteiger partial charge in [-0.1, -0.05) is 238 Å². The van der Waals surface area contributed by atoms with Gasteiger partial charge in [0, 0.05) is 74.8 Å². The number of nitrogens with zero attached hydrogens (tertiary/aromatic N) is 11. The predicted molar refractivity (Wildman–Crippen MR) is 593 cm³/mol. The van der Waals surface area contributed by atoms with Gasteiger partial charge in [0.15, 0.2) is 0 Å². The van der Waals surface area contributed by atoms with E-state index in [1.165, 1.54) is 16.7 Å². The summed E-state index contributed by atoms with van der Waals surface area (Å²) in [6.07, 6.45) is 9.30. The van der Waals surface area contributed by atoms with Crippen molar-refractivity contribution in [1.29, 1.82) is 0 Å². The molecular weight excluding hydrogens is 2530 g/mol. The van der Waals surface area contributed by atoms with E-state index in [1.54, 1.807) is 0 Å². The Hall–Kier alpha value is -15.2. The van der Waals surface area contributed by atoms with Gasteiger partial charge in [-0.05, 0) is 207 Å². The van der Waals surface area contributed by atoms with Crippen LogP contribution in [0.1, 0.15) is 79.0 Å². The van der Waals surface area contributed by atoms with Gasteiger partial charge >= 0.3 is 63.2 Å². The van der Waals surface area contributed by atoms with Gasteiger partial charge in [-0.15, -0.1) is 233 Å². The summed E-state index contributed by atoms with van der Waals surface area (Å²) < 4.78 is 0. The molecule has 7 aromatic heterocycles.